The molecule has 0 bridgehead atoms. The summed E-state index contributed by atoms with van der Waals surface area (Å²) in [5.74, 6) is 0. The molecule has 0 aromatic rings. The van der Waals surface area contributed by atoms with Gasteiger partial charge in [-0.05, 0) is 0 Å². The van der Waals surface area contributed by atoms with Crippen molar-refractivity contribution in [3.63, 3.8) is 0 Å². The summed E-state index contributed by atoms with van der Waals surface area (Å²) in [6.07, 6.45) is 0. The highest BCUT2D eigenvalue weighted by Crippen LogP contribution is 0.902. The lowest BCUT2D eigenvalue weighted by molar-refractivity contribution is 2.50. The van der Waals surface area contributed by atoms with E-state index >= 15 is 0 Å². The topological polar surface area (TPSA) is 0 Å². The third-order valence-electron chi connectivity index (χ3n) is 0. The normalized spacial score (nSPS) is 0. The van der Waals surface area contributed by atoms with Gasteiger partial charge >= 0.3 is 0 Å². The lowest BCUT2D eigenvalue weighted by Crippen LogP contribution is 0.143. The molecule has 152 valence electrons. The first kappa shape index (κ1) is 189. The summed E-state index contributed by atoms with van der Waals surface area (Å²) in [4.78, 5) is 0. The van der Waals surface area contributed by atoms with Gasteiger partial charge in [-0.25, -0.2) is 0 Å². The molecule has 0 rings (SSSR count). The van der Waals surface area contributed by atoms with Crippen LogP contribution < -0.4 is 0 Å². The van der Waals surface area contributed by atoms with E-state index in [9.17, 15) is 0 Å². The summed E-state index contributed by atoms with van der Waals surface area (Å²) in [5, 5.41) is 0. The van der Waals surface area contributed by atoms with Crippen molar-refractivity contribution in [2.75, 3.05) is 0 Å². The number of halogens is 17. The van der Waals surface area contributed by atoms with Crippen molar-refractivity contribution in [2.45, 2.75) is 14.9 Å². The minimum Gasteiger partial charge on any atom is -0.107 e. The van der Waals surface area contributed by atoms with Gasteiger partial charge in [-0.2, -0.15) is 0 Å². The van der Waals surface area contributed by atoms with Crippen LogP contribution >= 0.6 is 408 Å². The van der Waals surface area contributed by atoms with Gasteiger partial charge in [0.05, 0.1) is 0 Å². The van der Waals surface area contributed by atoms with Crippen LogP contribution in [0, 0.1) is 0 Å². The second kappa shape index (κ2) is 171. The summed E-state index contributed by atoms with van der Waals surface area (Å²) in [5.41, 5.74) is 0. The van der Waals surface area contributed by atoms with Crippen molar-refractivity contribution < 1.29 is 0 Å². The van der Waals surface area contributed by atoms with Crippen LogP contribution in [-0.4, -0.2) is 0 Å². The van der Waals surface area contributed by atoms with Crippen molar-refractivity contribution in [3.05, 3.63) is 0 Å². The SMILES string of the molecule is C.C.I.I.I.I.I.I.I.I.I.I.I.I.I.I.I.I.I. The van der Waals surface area contributed by atoms with Gasteiger partial charge in [-0.1, -0.05) is 14.9 Å². The molecule has 0 saturated heterocycles. The van der Waals surface area contributed by atoms with Gasteiger partial charge in [0.1, 0.15) is 0 Å². The van der Waals surface area contributed by atoms with Crippen molar-refractivity contribution >= 4 is 408 Å². The molecule has 0 aliphatic heterocycles. The van der Waals surface area contributed by atoms with Crippen LogP contribution in [0.5, 0.6) is 0 Å². The first-order chi connectivity index (χ1) is 0. The van der Waals surface area contributed by atoms with Crippen LogP contribution in [0.3, 0.4) is 0 Å². The zero-order valence-electron chi connectivity index (χ0n) is 6.94. The number of hydrogen-bond acceptors (Lipinski definition) is 0. The smallest absolute Gasteiger partial charge is 0.0776 e. The molecule has 17 heteroatoms. The third kappa shape index (κ3) is 159. The van der Waals surface area contributed by atoms with Crippen LogP contribution in [0.2, 0.25) is 0 Å². The van der Waals surface area contributed by atoms with E-state index in [4.69, 9.17) is 0 Å². The fourth-order valence-corrected chi connectivity index (χ4v) is 0. The van der Waals surface area contributed by atoms with Gasteiger partial charge in [-0.3, -0.25) is 0 Å². The predicted octanol–water partition coefficient (Wildman–Crippen LogP) is 11.8. The van der Waals surface area contributed by atoms with Gasteiger partial charge in [0.25, 0.3) is 0 Å². The summed E-state index contributed by atoms with van der Waals surface area (Å²) in [6, 6.07) is 0. The van der Waals surface area contributed by atoms with E-state index < -0.39 is 0 Å². The van der Waals surface area contributed by atoms with Gasteiger partial charge in [0.15, 0.2) is 0 Å². The van der Waals surface area contributed by atoms with E-state index in [1.54, 1.807) is 0 Å². The molecule has 0 radical (unpaired) electrons. The van der Waals surface area contributed by atoms with Gasteiger partial charge in [0, 0.05) is 0 Å². The largest absolute Gasteiger partial charge is 0.107 e. The zero-order valence-corrected chi connectivity index (χ0v) is 46.6. The van der Waals surface area contributed by atoms with E-state index in [-0.39, 0.29) is 422 Å². The minimum absolute atomic E-state index is 0. The summed E-state index contributed by atoms with van der Waals surface area (Å²) in [6.45, 7) is 0. The van der Waals surface area contributed by atoms with E-state index in [1.165, 1.54) is 0 Å². The van der Waals surface area contributed by atoms with Crippen LogP contribution in [0.4, 0.5) is 0 Å². The Morgan fingerprint density at radius 1 is 0.105 bits per heavy atom. The maximum absolute atomic E-state index is 0. The zero-order chi connectivity index (χ0) is 0. The van der Waals surface area contributed by atoms with Gasteiger partial charge in [0.2, 0.25) is 0 Å². The third-order valence-corrected chi connectivity index (χ3v) is 0. The van der Waals surface area contributed by atoms with E-state index in [1.807, 2.05) is 0 Å². The molecule has 0 unspecified atom stereocenters. The van der Waals surface area contributed by atoms with Crippen molar-refractivity contribution in [1.29, 1.82) is 0 Å². The molecule has 0 fully saturated rings. The fourth-order valence-electron chi connectivity index (χ4n) is 0. The van der Waals surface area contributed by atoms with E-state index in [0.29, 0.717) is 0 Å². The van der Waals surface area contributed by atoms with Gasteiger partial charge in [-0.15, -0.1) is 408 Å². The Labute approximate surface area is 410 Å². The quantitative estimate of drug-likeness (QED) is 0.212. The molecule has 0 aliphatic carbocycles. The Hall–Kier alpha value is 12.4. The Kier molecular flexibility index (Phi) is 1700. The molecule has 0 aromatic heterocycles. The highest BCUT2D eigenvalue weighted by molar-refractivity contribution is 14.0. The van der Waals surface area contributed by atoms with Crippen molar-refractivity contribution in [2.24, 2.45) is 0 Å². The average molecular weight is 2210 g/mol. The second-order valence-electron chi connectivity index (χ2n) is 0. The van der Waals surface area contributed by atoms with Gasteiger partial charge < -0.3 is 0 Å². The average Bonchev–Trinajstić information content (AvgIpc) is 0. The van der Waals surface area contributed by atoms with Crippen molar-refractivity contribution in [3.8, 4) is 0 Å². The highest BCUT2D eigenvalue weighted by Gasteiger charge is -0.0745. The maximum Gasteiger partial charge on any atom is -0.0776 e. The fraction of sp³-hybridized carbons (Fsp3) is 1.00. The maximum atomic E-state index is 0. The number of rotatable bonds is 0. The Morgan fingerprint density at radius 3 is 0.105 bits per heavy atom. The summed E-state index contributed by atoms with van der Waals surface area (Å²) < 4.78 is 0. The lowest BCUT2D eigenvalue weighted by Gasteiger charge is -0.108. The monoisotopic (exact) mass is 2210 g/mol. The Morgan fingerprint density at radius 2 is 0.105 bits per heavy atom. The Balaban J connectivity index is 0. The molecule has 0 spiro atoms. The van der Waals surface area contributed by atoms with Crippen LogP contribution in [-0.2, 0) is 0 Å². The molecule has 0 N–H and O–H groups in total. The minimum atomic E-state index is 0. The van der Waals surface area contributed by atoms with Crippen LogP contribution in [0.25, 0.3) is 0 Å². The molecule has 19 heavy (non-hydrogen) atoms. The summed E-state index contributed by atoms with van der Waals surface area (Å²) >= 11 is 0. The standard InChI is InChI=1S/2CH4.17HI/h2*1H4;17*1H. The predicted molar refractivity (Wildman–Crippen MR) is 276 cm³/mol. The Bertz CT molecular complexity index is 9.22. The highest BCUT2D eigenvalue weighted by atomic mass is 127. The molecule has 0 aliphatic rings. The molecular weight excluding hydrogens is 2180 g/mol. The first-order valence-corrected chi connectivity index (χ1v) is 0. The summed E-state index contributed by atoms with van der Waals surface area (Å²) in [7, 11) is 0. The van der Waals surface area contributed by atoms with Crippen molar-refractivity contribution in [1.82, 2.24) is 0 Å². The second-order valence-corrected chi connectivity index (χ2v) is 0. The van der Waals surface area contributed by atoms with E-state index in [2.05, 4.69) is 0 Å². The molecule has 0 amide bonds. The molecule has 0 atom stereocenters. The lowest BCUT2D eigenvalue weighted by atomic mass is 12.0. The molecule has 0 nitrogen and oxygen atoms in total. The first-order valence-electron chi connectivity index (χ1n) is 0. The molecule has 0 saturated carbocycles. The number of hydrogen-bond donors (Lipinski definition) is 0. The molecular formula is C2H25I17. The van der Waals surface area contributed by atoms with Crippen LogP contribution in [0.1, 0.15) is 14.9 Å². The molecule has 0 aromatic carbocycles. The van der Waals surface area contributed by atoms with E-state index in [0.717, 1.165) is 0 Å². The van der Waals surface area contributed by atoms with Crippen LogP contribution in [0.15, 0.2) is 0 Å². The molecule has 0 heterocycles.